The number of amides is 1. The summed E-state index contributed by atoms with van der Waals surface area (Å²) >= 11 is 5.97. The van der Waals surface area contributed by atoms with Crippen molar-refractivity contribution in [3.05, 3.63) is 76.9 Å². The first-order chi connectivity index (χ1) is 12.6. The summed E-state index contributed by atoms with van der Waals surface area (Å²) < 4.78 is 0. The molecule has 0 aliphatic rings. The molecule has 2 aromatic carbocycles. The highest BCUT2D eigenvalue weighted by molar-refractivity contribution is 6.30. The Kier molecular flexibility index (Phi) is 5.46. The number of hydrogen-bond donors (Lipinski definition) is 3. The quantitative estimate of drug-likeness (QED) is 0.642. The summed E-state index contributed by atoms with van der Waals surface area (Å²) in [6.45, 7) is -0.232. The first kappa shape index (κ1) is 17.8. The van der Waals surface area contributed by atoms with E-state index in [4.69, 9.17) is 17.3 Å². The van der Waals surface area contributed by atoms with Crippen LogP contribution in [0.15, 0.2) is 60.8 Å². The maximum absolute atomic E-state index is 12.5. The number of aliphatic hydroxyl groups excluding tert-OH is 1. The monoisotopic (exact) mass is 368 g/mol. The number of aromatic nitrogens is 2. The summed E-state index contributed by atoms with van der Waals surface area (Å²) in [6, 6.07) is 15.2. The van der Waals surface area contributed by atoms with E-state index in [1.54, 1.807) is 60.8 Å². The van der Waals surface area contributed by atoms with E-state index in [2.05, 4.69) is 15.3 Å². The molecule has 0 radical (unpaired) electrons. The molecule has 1 heterocycles. The standard InChI is InChI=1S/C19H17ClN4O2/c20-15-3-1-2-14(10-15)17(11-25)23-18(26)13-6-4-12(5-7-13)16-8-9-22-19(21)24-16/h1-10,17,25H,11H2,(H,23,26)(H2,21,22,24). The lowest BCUT2D eigenvalue weighted by Gasteiger charge is -2.17. The van der Waals surface area contributed by atoms with Gasteiger partial charge >= 0.3 is 0 Å². The molecule has 7 heteroatoms. The van der Waals surface area contributed by atoms with Crippen molar-refractivity contribution in [1.29, 1.82) is 0 Å². The van der Waals surface area contributed by atoms with Crippen molar-refractivity contribution in [2.45, 2.75) is 6.04 Å². The van der Waals surface area contributed by atoms with E-state index in [0.29, 0.717) is 16.3 Å². The van der Waals surface area contributed by atoms with Gasteiger partial charge in [0.2, 0.25) is 5.95 Å². The summed E-state index contributed by atoms with van der Waals surface area (Å²) in [5.74, 6) is -0.102. The van der Waals surface area contributed by atoms with Crippen LogP contribution in [0, 0.1) is 0 Å². The fraction of sp³-hybridized carbons (Fsp3) is 0.105. The van der Waals surface area contributed by atoms with Crippen molar-refractivity contribution in [1.82, 2.24) is 15.3 Å². The molecule has 0 fully saturated rings. The molecule has 1 amide bonds. The topological polar surface area (TPSA) is 101 Å². The number of rotatable bonds is 5. The van der Waals surface area contributed by atoms with Gasteiger partial charge in [0.1, 0.15) is 0 Å². The minimum absolute atomic E-state index is 0.191. The Labute approximate surface area is 155 Å². The highest BCUT2D eigenvalue weighted by Crippen LogP contribution is 2.20. The summed E-state index contributed by atoms with van der Waals surface area (Å²) in [5, 5.41) is 12.9. The van der Waals surface area contributed by atoms with E-state index >= 15 is 0 Å². The fourth-order valence-corrected chi connectivity index (χ4v) is 2.72. The average Bonchev–Trinajstić information content (AvgIpc) is 2.66. The Balaban J connectivity index is 1.75. The van der Waals surface area contributed by atoms with Crippen LogP contribution in [0.4, 0.5) is 5.95 Å². The van der Waals surface area contributed by atoms with Crippen LogP contribution in [-0.4, -0.2) is 27.6 Å². The predicted octanol–water partition coefficient (Wildman–Crippen LogP) is 2.84. The van der Waals surface area contributed by atoms with Crippen LogP contribution in [-0.2, 0) is 0 Å². The van der Waals surface area contributed by atoms with Crippen LogP contribution < -0.4 is 11.1 Å². The van der Waals surface area contributed by atoms with Crippen LogP contribution in [0.2, 0.25) is 5.02 Å². The number of nitrogens with zero attached hydrogens (tertiary/aromatic N) is 2. The zero-order valence-corrected chi connectivity index (χ0v) is 14.5. The van der Waals surface area contributed by atoms with E-state index < -0.39 is 6.04 Å². The van der Waals surface area contributed by atoms with Gasteiger partial charge in [0.15, 0.2) is 0 Å². The van der Waals surface area contributed by atoms with Crippen molar-refractivity contribution in [3.63, 3.8) is 0 Å². The molecule has 1 atom stereocenters. The molecule has 6 nitrogen and oxygen atoms in total. The molecule has 0 bridgehead atoms. The van der Waals surface area contributed by atoms with Gasteiger partial charge in [0.05, 0.1) is 18.3 Å². The Morgan fingerprint density at radius 2 is 1.96 bits per heavy atom. The van der Waals surface area contributed by atoms with Gasteiger partial charge < -0.3 is 16.2 Å². The largest absolute Gasteiger partial charge is 0.394 e. The molecule has 0 aliphatic heterocycles. The van der Waals surface area contributed by atoms with Gasteiger partial charge in [0.25, 0.3) is 5.91 Å². The minimum Gasteiger partial charge on any atom is -0.394 e. The molecule has 0 saturated heterocycles. The van der Waals surface area contributed by atoms with E-state index in [0.717, 1.165) is 11.1 Å². The van der Waals surface area contributed by atoms with Gasteiger partial charge in [-0.25, -0.2) is 9.97 Å². The van der Waals surface area contributed by atoms with Gasteiger partial charge in [-0.05, 0) is 35.9 Å². The van der Waals surface area contributed by atoms with E-state index in [-0.39, 0.29) is 18.5 Å². The lowest BCUT2D eigenvalue weighted by molar-refractivity contribution is 0.0916. The number of halogens is 1. The Hall–Kier alpha value is -2.96. The minimum atomic E-state index is -0.539. The first-order valence-corrected chi connectivity index (χ1v) is 8.31. The predicted molar refractivity (Wildman–Crippen MR) is 101 cm³/mol. The Morgan fingerprint density at radius 3 is 2.62 bits per heavy atom. The number of nitrogens with one attached hydrogen (secondary N) is 1. The van der Waals surface area contributed by atoms with E-state index in [9.17, 15) is 9.90 Å². The number of nitrogens with two attached hydrogens (primary N) is 1. The maximum atomic E-state index is 12.5. The van der Waals surface area contributed by atoms with Crippen molar-refractivity contribution in [2.24, 2.45) is 0 Å². The summed E-state index contributed by atoms with van der Waals surface area (Å²) in [7, 11) is 0. The number of nitrogen functional groups attached to an aromatic ring is 1. The van der Waals surface area contributed by atoms with Gasteiger partial charge in [-0.2, -0.15) is 0 Å². The SMILES string of the molecule is Nc1nccc(-c2ccc(C(=O)NC(CO)c3cccc(Cl)c3)cc2)n1. The molecule has 132 valence electrons. The highest BCUT2D eigenvalue weighted by Gasteiger charge is 2.15. The van der Waals surface area contributed by atoms with Crippen LogP contribution in [0.25, 0.3) is 11.3 Å². The lowest BCUT2D eigenvalue weighted by atomic mass is 10.1. The summed E-state index contributed by atoms with van der Waals surface area (Å²) in [6.07, 6.45) is 1.58. The normalized spacial score (nSPS) is 11.8. The number of carbonyl (C=O) groups excluding carboxylic acids is 1. The smallest absolute Gasteiger partial charge is 0.251 e. The van der Waals surface area contributed by atoms with Gasteiger partial charge in [-0.1, -0.05) is 35.9 Å². The van der Waals surface area contributed by atoms with Crippen molar-refractivity contribution >= 4 is 23.5 Å². The number of benzene rings is 2. The zero-order chi connectivity index (χ0) is 18.5. The average molecular weight is 369 g/mol. The number of aliphatic hydroxyl groups is 1. The second-order valence-corrected chi connectivity index (χ2v) is 6.08. The maximum Gasteiger partial charge on any atom is 0.251 e. The van der Waals surface area contributed by atoms with Crippen LogP contribution in [0.3, 0.4) is 0 Å². The second-order valence-electron chi connectivity index (χ2n) is 5.64. The molecule has 0 spiro atoms. The lowest BCUT2D eigenvalue weighted by Crippen LogP contribution is -2.30. The van der Waals surface area contributed by atoms with Gasteiger partial charge in [-0.15, -0.1) is 0 Å². The summed E-state index contributed by atoms with van der Waals surface area (Å²) in [4.78, 5) is 20.5. The Morgan fingerprint density at radius 1 is 1.19 bits per heavy atom. The molecule has 1 aromatic heterocycles. The second kappa shape index (κ2) is 7.95. The fourth-order valence-electron chi connectivity index (χ4n) is 2.53. The van der Waals surface area contributed by atoms with Crippen molar-refractivity contribution in [2.75, 3.05) is 12.3 Å². The van der Waals surface area contributed by atoms with E-state index in [1.165, 1.54) is 0 Å². The number of hydrogen-bond acceptors (Lipinski definition) is 5. The molecule has 3 rings (SSSR count). The molecule has 26 heavy (non-hydrogen) atoms. The van der Waals surface area contributed by atoms with Crippen LogP contribution in [0.5, 0.6) is 0 Å². The van der Waals surface area contributed by atoms with E-state index in [1.807, 2.05) is 0 Å². The first-order valence-electron chi connectivity index (χ1n) is 7.93. The third kappa shape index (κ3) is 4.17. The van der Waals surface area contributed by atoms with Gasteiger partial charge in [-0.3, -0.25) is 4.79 Å². The zero-order valence-electron chi connectivity index (χ0n) is 13.8. The van der Waals surface area contributed by atoms with Crippen molar-refractivity contribution in [3.8, 4) is 11.3 Å². The molecular formula is C19H17ClN4O2. The Bertz CT molecular complexity index is 915. The van der Waals surface area contributed by atoms with Crippen molar-refractivity contribution < 1.29 is 9.90 Å². The molecule has 4 N–H and O–H groups in total. The summed E-state index contributed by atoms with van der Waals surface area (Å²) in [5.41, 5.74) is 8.30. The van der Waals surface area contributed by atoms with Gasteiger partial charge in [0, 0.05) is 22.3 Å². The van der Waals surface area contributed by atoms with Crippen LogP contribution in [0.1, 0.15) is 22.0 Å². The molecule has 3 aromatic rings. The molecular weight excluding hydrogens is 352 g/mol. The van der Waals surface area contributed by atoms with Crippen LogP contribution >= 0.6 is 11.6 Å². The number of anilines is 1. The molecule has 0 aliphatic carbocycles. The molecule has 1 unspecified atom stereocenters. The third-order valence-corrected chi connectivity index (χ3v) is 4.09. The third-order valence-electron chi connectivity index (χ3n) is 3.86. The highest BCUT2D eigenvalue weighted by atomic mass is 35.5. The number of carbonyl (C=O) groups is 1. The molecule has 0 saturated carbocycles.